The maximum absolute atomic E-state index is 13.6. The molecule has 3 rings (SSSR count). The van der Waals surface area contributed by atoms with Gasteiger partial charge < -0.3 is 13.9 Å². The second-order valence-corrected chi connectivity index (χ2v) is 5.08. The molecule has 0 N–H and O–H groups in total. The van der Waals surface area contributed by atoms with Gasteiger partial charge in [-0.1, -0.05) is 0 Å². The number of pyridine rings is 1. The molecule has 0 unspecified atom stereocenters. The molecule has 2 heterocycles. The van der Waals surface area contributed by atoms with E-state index in [4.69, 9.17) is 9.47 Å². The van der Waals surface area contributed by atoms with Crippen LogP contribution >= 0.6 is 0 Å². The first-order chi connectivity index (χ1) is 11.6. The number of imidazole rings is 1. The third-order valence-corrected chi connectivity index (χ3v) is 3.59. The highest BCUT2D eigenvalue weighted by molar-refractivity contribution is 6.06. The summed E-state index contributed by atoms with van der Waals surface area (Å²) >= 11 is 0. The number of benzene rings is 1. The molecule has 0 radical (unpaired) electrons. The Bertz CT molecular complexity index is 878. The highest BCUT2D eigenvalue weighted by atomic mass is 19.1. The lowest BCUT2D eigenvalue weighted by atomic mass is 10.2. The molecule has 6 nitrogen and oxygen atoms in total. The molecule has 0 aliphatic heterocycles. The summed E-state index contributed by atoms with van der Waals surface area (Å²) in [5.41, 5.74) is 1.68. The Morgan fingerprint density at radius 3 is 2.88 bits per heavy atom. The molecule has 7 heteroatoms. The SMILES string of the molecule is COCN(C(=O)c1ccc2nccn2c1)c1ccc(F)c(OC)c1. The lowest BCUT2D eigenvalue weighted by Crippen LogP contribution is -2.33. The van der Waals surface area contributed by atoms with Crippen LogP contribution in [0.5, 0.6) is 5.75 Å². The van der Waals surface area contributed by atoms with Crippen LogP contribution in [-0.2, 0) is 4.74 Å². The van der Waals surface area contributed by atoms with Crippen molar-refractivity contribution in [1.29, 1.82) is 0 Å². The normalized spacial score (nSPS) is 10.8. The van der Waals surface area contributed by atoms with Crippen LogP contribution in [-0.4, -0.2) is 36.2 Å². The van der Waals surface area contributed by atoms with Gasteiger partial charge in [0.1, 0.15) is 12.4 Å². The molecule has 0 saturated heterocycles. The van der Waals surface area contributed by atoms with Gasteiger partial charge in [-0.2, -0.15) is 0 Å². The molecule has 0 bridgehead atoms. The lowest BCUT2D eigenvalue weighted by Gasteiger charge is -2.22. The third kappa shape index (κ3) is 2.93. The number of hydrogen-bond donors (Lipinski definition) is 0. The van der Waals surface area contributed by atoms with E-state index in [1.165, 1.54) is 37.3 Å². The molecule has 0 spiro atoms. The molecule has 0 atom stereocenters. The molecule has 24 heavy (non-hydrogen) atoms. The Morgan fingerprint density at radius 1 is 1.29 bits per heavy atom. The molecule has 2 aromatic heterocycles. The fraction of sp³-hybridized carbons (Fsp3) is 0.176. The number of amides is 1. The molecule has 1 amide bonds. The molecular formula is C17H16FN3O3. The first kappa shape index (κ1) is 15.9. The number of nitrogens with zero attached hydrogens (tertiary/aromatic N) is 3. The largest absolute Gasteiger partial charge is 0.494 e. The van der Waals surface area contributed by atoms with Gasteiger partial charge in [-0.25, -0.2) is 9.37 Å². The van der Waals surface area contributed by atoms with E-state index in [-0.39, 0.29) is 18.4 Å². The van der Waals surface area contributed by atoms with Crippen molar-refractivity contribution in [2.45, 2.75) is 0 Å². The average molecular weight is 329 g/mol. The van der Waals surface area contributed by atoms with Crippen molar-refractivity contribution in [2.75, 3.05) is 25.9 Å². The van der Waals surface area contributed by atoms with Gasteiger partial charge in [0.15, 0.2) is 11.6 Å². The quantitative estimate of drug-likeness (QED) is 0.676. The fourth-order valence-corrected chi connectivity index (χ4v) is 2.40. The van der Waals surface area contributed by atoms with Gasteiger partial charge in [0.05, 0.1) is 18.4 Å². The van der Waals surface area contributed by atoms with Gasteiger partial charge in [0, 0.05) is 31.8 Å². The van der Waals surface area contributed by atoms with Gasteiger partial charge in [-0.15, -0.1) is 0 Å². The van der Waals surface area contributed by atoms with E-state index >= 15 is 0 Å². The maximum atomic E-state index is 13.6. The Kier molecular flexibility index (Phi) is 4.43. The summed E-state index contributed by atoms with van der Waals surface area (Å²) in [5, 5.41) is 0. The first-order valence-electron chi connectivity index (χ1n) is 7.21. The Balaban J connectivity index is 1.98. The van der Waals surface area contributed by atoms with Crippen LogP contribution in [0, 0.1) is 5.82 Å². The van der Waals surface area contributed by atoms with E-state index in [0.717, 1.165) is 5.65 Å². The number of methoxy groups -OCH3 is 2. The van der Waals surface area contributed by atoms with E-state index in [1.54, 1.807) is 35.1 Å². The summed E-state index contributed by atoms with van der Waals surface area (Å²) in [6.45, 7) is 0.0234. The first-order valence-corrected chi connectivity index (χ1v) is 7.21. The zero-order valence-corrected chi connectivity index (χ0v) is 13.3. The molecule has 0 fully saturated rings. The number of hydrogen-bond acceptors (Lipinski definition) is 4. The second-order valence-electron chi connectivity index (χ2n) is 5.08. The van der Waals surface area contributed by atoms with Crippen molar-refractivity contribution in [3.05, 3.63) is 60.3 Å². The van der Waals surface area contributed by atoms with E-state index < -0.39 is 5.82 Å². The number of fused-ring (bicyclic) bond motifs is 1. The van der Waals surface area contributed by atoms with Crippen LogP contribution in [0.1, 0.15) is 10.4 Å². The third-order valence-electron chi connectivity index (χ3n) is 3.59. The number of anilines is 1. The van der Waals surface area contributed by atoms with Crippen LogP contribution in [0.4, 0.5) is 10.1 Å². The molecule has 0 aliphatic rings. The Labute approximate surface area is 138 Å². The van der Waals surface area contributed by atoms with Crippen LogP contribution in [0.25, 0.3) is 5.65 Å². The Hall–Kier alpha value is -2.93. The van der Waals surface area contributed by atoms with Gasteiger partial charge in [0.25, 0.3) is 5.91 Å². The van der Waals surface area contributed by atoms with Gasteiger partial charge in [0.2, 0.25) is 0 Å². The van der Waals surface area contributed by atoms with Gasteiger partial charge in [-0.3, -0.25) is 9.69 Å². The topological polar surface area (TPSA) is 56.1 Å². The number of halogens is 1. The molecule has 1 aromatic carbocycles. The fourth-order valence-electron chi connectivity index (χ4n) is 2.40. The number of carbonyl (C=O) groups is 1. The van der Waals surface area contributed by atoms with Crippen molar-refractivity contribution in [2.24, 2.45) is 0 Å². The zero-order chi connectivity index (χ0) is 17.1. The summed E-state index contributed by atoms with van der Waals surface area (Å²) in [6.07, 6.45) is 5.10. The second kappa shape index (κ2) is 6.67. The zero-order valence-electron chi connectivity index (χ0n) is 13.3. The van der Waals surface area contributed by atoms with Crippen molar-refractivity contribution in [3.8, 4) is 5.75 Å². The molecule has 3 aromatic rings. The number of carbonyl (C=O) groups excluding carboxylic acids is 1. The van der Waals surface area contributed by atoms with E-state index in [2.05, 4.69) is 4.98 Å². The summed E-state index contributed by atoms with van der Waals surface area (Å²) < 4.78 is 25.5. The monoisotopic (exact) mass is 329 g/mol. The van der Waals surface area contributed by atoms with Gasteiger partial charge in [-0.05, 0) is 24.3 Å². The lowest BCUT2D eigenvalue weighted by molar-refractivity contribution is 0.0936. The molecule has 0 saturated carbocycles. The highest BCUT2D eigenvalue weighted by Crippen LogP contribution is 2.25. The van der Waals surface area contributed by atoms with Gasteiger partial charge >= 0.3 is 0 Å². The van der Waals surface area contributed by atoms with Crippen LogP contribution in [0.3, 0.4) is 0 Å². The predicted molar refractivity (Wildman–Crippen MR) is 86.8 cm³/mol. The standard InChI is InChI=1S/C17H16FN3O3/c1-23-11-21(13-4-5-14(18)15(9-13)24-2)17(22)12-3-6-16-19-7-8-20(16)10-12/h3-10H,11H2,1-2H3. The van der Waals surface area contributed by atoms with Crippen LogP contribution in [0.15, 0.2) is 48.9 Å². The Morgan fingerprint density at radius 2 is 2.12 bits per heavy atom. The summed E-state index contributed by atoms with van der Waals surface area (Å²) in [6, 6.07) is 7.66. The number of ether oxygens (including phenoxy) is 2. The van der Waals surface area contributed by atoms with Crippen molar-refractivity contribution in [1.82, 2.24) is 9.38 Å². The number of rotatable bonds is 5. The van der Waals surface area contributed by atoms with E-state index in [9.17, 15) is 9.18 Å². The maximum Gasteiger partial charge on any atom is 0.261 e. The van der Waals surface area contributed by atoms with Crippen molar-refractivity contribution >= 4 is 17.2 Å². The average Bonchev–Trinajstić information content (AvgIpc) is 3.07. The smallest absolute Gasteiger partial charge is 0.261 e. The molecule has 124 valence electrons. The van der Waals surface area contributed by atoms with Crippen molar-refractivity contribution < 1.29 is 18.7 Å². The van der Waals surface area contributed by atoms with E-state index in [0.29, 0.717) is 11.3 Å². The predicted octanol–water partition coefficient (Wildman–Crippen LogP) is 2.73. The minimum atomic E-state index is -0.495. The minimum absolute atomic E-state index is 0.0234. The minimum Gasteiger partial charge on any atom is -0.494 e. The van der Waals surface area contributed by atoms with Crippen molar-refractivity contribution in [3.63, 3.8) is 0 Å². The summed E-state index contributed by atoms with van der Waals surface area (Å²) in [5.74, 6) is -0.710. The number of aromatic nitrogens is 2. The summed E-state index contributed by atoms with van der Waals surface area (Å²) in [4.78, 5) is 18.4. The summed E-state index contributed by atoms with van der Waals surface area (Å²) in [7, 11) is 2.86. The highest BCUT2D eigenvalue weighted by Gasteiger charge is 2.19. The van der Waals surface area contributed by atoms with Crippen LogP contribution in [0.2, 0.25) is 0 Å². The molecular weight excluding hydrogens is 313 g/mol. The molecule has 0 aliphatic carbocycles. The van der Waals surface area contributed by atoms with E-state index in [1.807, 2.05) is 0 Å². The van der Waals surface area contributed by atoms with Crippen LogP contribution < -0.4 is 9.64 Å².